The molecule has 2 aromatic rings. The predicted molar refractivity (Wildman–Crippen MR) is 71.2 cm³/mol. The number of fused-ring (bicyclic) bond motifs is 1. The molecule has 1 aliphatic rings. The van der Waals surface area contributed by atoms with Gasteiger partial charge in [-0.3, -0.25) is 0 Å². The Hall–Kier alpha value is -1.72. The highest BCUT2D eigenvalue weighted by molar-refractivity contribution is 7.09. The maximum atomic E-state index is 11.5. The van der Waals surface area contributed by atoms with Crippen LogP contribution in [0.15, 0.2) is 29.8 Å². The topological polar surface area (TPSA) is 59.4 Å². The quantitative estimate of drug-likeness (QED) is 0.853. The normalized spacial score (nSPS) is 21.2. The fraction of sp³-hybridized carbons (Fsp3) is 0.286. The molecular formula is C14H13NO3S. The largest absolute Gasteiger partial charge is 0.465 e. The predicted octanol–water partition coefficient (Wildman–Crippen LogP) is 2.11. The fourth-order valence-corrected chi connectivity index (χ4v) is 3.33. The second kappa shape index (κ2) is 4.43. The van der Waals surface area contributed by atoms with Crippen LogP contribution in [0.1, 0.15) is 32.9 Å². The van der Waals surface area contributed by atoms with Crippen LogP contribution in [0.2, 0.25) is 0 Å². The number of thiazole rings is 1. The zero-order valence-corrected chi connectivity index (χ0v) is 11.2. The van der Waals surface area contributed by atoms with E-state index in [0.29, 0.717) is 17.0 Å². The minimum atomic E-state index is -1.02. The van der Waals surface area contributed by atoms with Crippen molar-refractivity contribution in [3.05, 3.63) is 51.5 Å². The van der Waals surface area contributed by atoms with Gasteiger partial charge in [0.05, 0.1) is 12.7 Å². The summed E-state index contributed by atoms with van der Waals surface area (Å²) in [5, 5.41) is 13.4. The van der Waals surface area contributed by atoms with Crippen molar-refractivity contribution in [2.24, 2.45) is 0 Å². The van der Waals surface area contributed by atoms with Gasteiger partial charge in [0.15, 0.2) is 0 Å². The first-order valence-corrected chi connectivity index (χ1v) is 6.87. The lowest BCUT2D eigenvalue weighted by molar-refractivity contribution is 0.0600. The highest BCUT2D eigenvalue weighted by atomic mass is 32.1. The molecule has 3 rings (SSSR count). The Kier molecular flexibility index (Phi) is 2.88. The van der Waals surface area contributed by atoms with E-state index in [1.54, 1.807) is 24.4 Å². The zero-order valence-electron chi connectivity index (χ0n) is 10.4. The summed E-state index contributed by atoms with van der Waals surface area (Å²) >= 11 is 1.44. The van der Waals surface area contributed by atoms with Crippen molar-refractivity contribution in [2.75, 3.05) is 7.11 Å². The van der Waals surface area contributed by atoms with Crippen LogP contribution >= 0.6 is 11.3 Å². The average Bonchev–Trinajstić information content (AvgIpc) is 3.07. The molecule has 0 saturated heterocycles. The lowest BCUT2D eigenvalue weighted by atomic mass is 9.96. The summed E-state index contributed by atoms with van der Waals surface area (Å²) in [6, 6.07) is 5.29. The lowest BCUT2D eigenvalue weighted by Gasteiger charge is -2.21. The summed E-state index contributed by atoms with van der Waals surface area (Å²) < 4.78 is 4.71. The van der Waals surface area contributed by atoms with Crippen molar-refractivity contribution < 1.29 is 14.6 Å². The SMILES string of the molecule is COC(=O)c1ccc2c(c1)CCC2(O)c1nccs1. The third-order valence-electron chi connectivity index (χ3n) is 3.51. The van der Waals surface area contributed by atoms with E-state index in [1.165, 1.54) is 18.4 Å². The molecule has 0 fully saturated rings. The van der Waals surface area contributed by atoms with Gasteiger partial charge in [0.25, 0.3) is 0 Å². The molecule has 0 radical (unpaired) electrons. The molecule has 19 heavy (non-hydrogen) atoms. The number of aliphatic hydroxyl groups is 1. The van der Waals surface area contributed by atoms with E-state index in [9.17, 15) is 9.90 Å². The molecule has 98 valence electrons. The second-order valence-corrected chi connectivity index (χ2v) is 5.46. The molecule has 5 heteroatoms. The molecule has 1 unspecified atom stereocenters. The maximum Gasteiger partial charge on any atom is 0.337 e. The minimum Gasteiger partial charge on any atom is -0.465 e. The molecule has 0 amide bonds. The summed E-state index contributed by atoms with van der Waals surface area (Å²) in [4.78, 5) is 15.7. The van der Waals surface area contributed by atoms with E-state index in [-0.39, 0.29) is 5.97 Å². The van der Waals surface area contributed by atoms with Gasteiger partial charge in [-0.05, 0) is 36.1 Å². The summed E-state index contributed by atoms with van der Waals surface area (Å²) in [5.41, 5.74) is 1.33. The summed E-state index contributed by atoms with van der Waals surface area (Å²) in [6.07, 6.45) is 3.02. The number of aromatic nitrogens is 1. The van der Waals surface area contributed by atoms with Crippen molar-refractivity contribution in [1.29, 1.82) is 0 Å². The highest BCUT2D eigenvalue weighted by Gasteiger charge is 2.40. The monoisotopic (exact) mass is 275 g/mol. The first kappa shape index (κ1) is 12.3. The van der Waals surface area contributed by atoms with Crippen molar-refractivity contribution >= 4 is 17.3 Å². The number of ether oxygens (including phenoxy) is 1. The number of methoxy groups -OCH3 is 1. The Morgan fingerprint density at radius 1 is 1.53 bits per heavy atom. The molecule has 1 aromatic carbocycles. The van der Waals surface area contributed by atoms with Crippen LogP contribution in [0.25, 0.3) is 0 Å². The molecule has 1 aromatic heterocycles. The maximum absolute atomic E-state index is 11.5. The number of carbonyl (C=O) groups is 1. The van der Waals surface area contributed by atoms with Gasteiger partial charge in [-0.15, -0.1) is 11.3 Å². The van der Waals surface area contributed by atoms with E-state index in [2.05, 4.69) is 4.98 Å². The number of esters is 1. The highest BCUT2D eigenvalue weighted by Crippen LogP contribution is 2.42. The standard InChI is InChI=1S/C14H13NO3S/c1-18-12(16)10-2-3-11-9(8-10)4-5-14(11,17)13-15-6-7-19-13/h2-3,6-8,17H,4-5H2,1H3. The van der Waals surface area contributed by atoms with E-state index < -0.39 is 5.60 Å². The van der Waals surface area contributed by atoms with Gasteiger partial charge in [-0.1, -0.05) is 6.07 Å². The third-order valence-corrected chi connectivity index (χ3v) is 4.44. The van der Waals surface area contributed by atoms with Gasteiger partial charge in [0, 0.05) is 11.6 Å². The molecule has 1 heterocycles. The number of hydrogen-bond acceptors (Lipinski definition) is 5. The Morgan fingerprint density at radius 3 is 3.05 bits per heavy atom. The minimum absolute atomic E-state index is 0.354. The fourth-order valence-electron chi connectivity index (χ4n) is 2.55. The molecule has 4 nitrogen and oxygen atoms in total. The molecule has 1 aliphatic carbocycles. The van der Waals surface area contributed by atoms with Crippen molar-refractivity contribution in [3.63, 3.8) is 0 Å². The van der Waals surface area contributed by atoms with Crippen LogP contribution < -0.4 is 0 Å². The smallest absolute Gasteiger partial charge is 0.337 e. The van der Waals surface area contributed by atoms with Gasteiger partial charge in [-0.2, -0.15) is 0 Å². The Morgan fingerprint density at radius 2 is 2.37 bits per heavy atom. The second-order valence-electron chi connectivity index (χ2n) is 4.56. The number of aryl methyl sites for hydroxylation is 1. The van der Waals surface area contributed by atoms with Gasteiger partial charge >= 0.3 is 5.97 Å². The molecule has 0 spiro atoms. The number of hydrogen-bond donors (Lipinski definition) is 1. The number of carbonyl (C=O) groups excluding carboxylic acids is 1. The number of nitrogens with zero attached hydrogens (tertiary/aromatic N) is 1. The third kappa shape index (κ3) is 1.86. The van der Waals surface area contributed by atoms with Gasteiger partial charge in [0.1, 0.15) is 10.6 Å². The first-order chi connectivity index (χ1) is 9.15. The van der Waals surface area contributed by atoms with Crippen LogP contribution in [0.3, 0.4) is 0 Å². The molecule has 1 atom stereocenters. The molecule has 0 aliphatic heterocycles. The summed E-state index contributed by atoms with van der Waals surface area (Å²) in [6.45, 7) is 0. The first-order valence-electron chi connectivity index (χ1n) is 5.99. The van der Waals surface area contributed by atoms with Crippen LogP contribution in [0.5, 0.6) is 0 Å². The van der Waals surface area contributed by atoms with Crippen molar-refractivity contribution in [1.82, 2.24) is 4.98 Å². The van der Waals surface area contributed by atoms with Gasteiger partial charge < -0.3 is 9.84 Å². The lowest BCUT2D eigenvalue weighted by Crippen LogP contribution is -2.23. The van der Waals surface area contributed by atoms with Crippen LogP contribution in [-0.4, -0.2) is 23.2 Å². The van der Waals surface area contributed by atoms with Crippen molar-refractivity contribution in [3.8, 4) is 0 Å². The molecule has 0 saturated carbocycles. The summed E-state index contributed by atoms with van der Waals surface area (Å²) in [5.74, 6) is -0.354. The Balaban J connectivity index is 2.05. The van der Waals surface area contributed by atoms with Gasteiger partial charge in [0.2, 0.25) is 0 Å². The number of rotatable bonds is 2. The van der Waals surface area contributed by atoms with Crippen LogP contribution in [0.4, 0.5) is 0 Å². The Bertz CT molecular complexity index is 624. The Labute approximate surface area is 114 Å². The van der Waals surface area contributed by atoms with Crippen LogP contribution in [0, 0.1) is 0 Å². The van der Waals surface area contributed by atoms with E-state index in [1.807, 2.05) is 5.38 Å². The van der Waals surface area contributed by atoms with E-state index >= 15 is 0 Å². The zero-order chi connectivity index (χ0) is 13.5. The van der Waals surface area contributed by atoms with Crippen molar-refractivity contribution in [2.45, 2.75) is 18.4 Å². The average molecular weight is 275 g/mol. The van der Waals surface area contributed by atoms with Gasteiger partial charge in [-0.25, -0.2) is 9.78 Å². The molecular weight excluding hydrogens is 262 g/mol. The molecule has 0 bridgehead atoms. The molecule has 1 N–H and O–H groups in total. The number of benzene rings is 1. The van der Waals surface area contributed by atoms with E-state index in [0.717, 1.165) is 17.5 Å². The van der Waals surface area contributed by atoms with E-state index in [4.69, 9.17) is 4.74 Å². The summed E-state index contributed by atoms with van der Waals surface area (Å²) in [7, 11) is 1.36. The van der Waals surface area contributed by atoms with Crippen LogP contribution in [-0.2, 0) is 16.8 Å².